The molecule has 0 radical (unpaired) electrons. The molecule has 1 aromatic carbocycles. The zero-order valence-electron chi connectivity index (χ0n) is 12.9. The van der Waals surface area contributed by atoms with Crippen molar-refractivity contribution >= 4 is 12.2 Å². The quantitative estimate of drug-likeness (QED) is 0.854. The molecule has 2 N–H and O–H groups in total. The number of aliphatic hydroxyl groups excluding tert-OH is 2. The molecular weight excluding hydrogens is 292 g/mol. The largest absolute Gasteiger partial charge is 0.414 e. The molecule has 0 aliphatic rings. The maximum Gasteiger partial charge on any atom is 0.414 e. The fourth-order valence-electron chi connectivity index (χ4n) is 1.39. The van der Waals surface area contributed by atoms with Gasteiger partial charge in [0.15, 0.2) is 0 Å². The zero-order valence-corrected chi connectivity index (χ0v) is 12.9. The van der Waals surface area contributed by atoms with Gasteiger partial charge in [0.1, 0.15) is 17.6 Å². The molecule has 0 heterocycles. The Bertz CT molecular complexity index is 504. The number of carbonyl (C=O) groups excluding carboxylic acids is 2. The van der Waals surface area contributed by atoms with Gasteiger partial charge in [0.05, 0.1) is 6.61 Å². The van der Waals surface area contributed by atoms with E-state index in [-0.39, 0.29) is 17.1 Å². The molecule has 0 saturated heterocycles. The van der Waals surface area contributed by atoms with Gasteiger partial charge in [-0.25, -0.2) is 9.59 Å². The van der Waals surface area contributed by atoms with Gasteiger partial charge in [-0.2, -0.15) is 0 Å². The van der Waals surface area contributed by atoms with Gasteiger partial charge >= 0.3 is 12.2 Å². The molecule has 1 rings (SSSR count). The molecule has 22 heavy (non-hydrogen) atoms. The van der Waals surface area contributed by atoms with Gasteiger partial charge in [-0.1, -0.05) is 0 Å². The Morgan fingerprint density at radius 3 is 1.73 bits per heavy atom. The number of benzene rings is 1. The average Bonchev–Trinajstić information content (AvgIpc) is 2.45. The van der Waals surface area contributed by atoms with Crippen LogP contribution >= 0.6 is 0 Å². The third kappa shape index (κ3) is 4.90. The lowest BCUT2D eigenvalue weighted by atomic mass is 10.1. The SMILES string of the molecule is CN(C)C(=O)Oc1cc(OC(=O)N(C)C)cc(C(O)CO)c1. The Kier molecular flexibility index (Phi) is 6.14. The highest BCUT2D eigenvalue weighted by Crippen LogP contribution is 2.27. The van der Waals surface area contributed by atoms with Gasteiger partial charge < -0.3 is 29.5 Å². The fraction of sp³-hybridized carbons (Fsp3) is 0.429. The van der Waals surface area contributed by atoms with Crippen molar-refractivity contribution in [3.8, 4) is 11.5 Å². The van der Waals surface area contributed by atoms with Gasteiger partial charge in [0, 0.05) is 34.3 Å². The highest BCUT2D eigenvalue weighted by atomic mass is 16.6. The second kappa shape index (κ2) is 7.62. The molecule has 0 aliphatic carbocycles. The lowest BCUT2D eigenvalue weighted by Crippen LogP contribution is -2.26. The molecule has 122 valence electrons. The van der Waals surface area contributed by atoms with Crippen molar-refractivity contribution in [1.29, 1.82) is 0 Å². The molecule has 0 aliphatic heterocycles. The van der Waals surface area contributed by atoms with Gasteiger partial charge in [0.25, 0.3) is 0 Å². The predicted molar refractivity (Wildman–Crippen MR) is 77.9 cm³/mol. The van der Waals surface area contributed by atoms with Crippen LogP contribution in [-0.4, -0.2) is 67.0 Å². The van der Waals surface area contributed by atoms with Crippen molar-refractivity contribution in [2.45, 2.75) is 6.10 Å². The number of aliphatic hydroxyl groups is 2. The number of hydrogen-bond acceptors (Lipinski definition) is 6. The van der Waals surface area contributed by atoms with Crippen LogP contribution in [0.4, 0.5) is 9.59 Å². The summed E-state index contributed by atoms with van der Waals surface area (Å²) < 4.78 is 10.2. The maximum atomic E-state index is 11.6. The zero-order chi connectivity index (χ0) is 16.9. The summed E-state index contributed by atoms with van der Waals surface area (Å²) in [5.74, 6) is 0.176. The fourth-order valence-corrected chi connectivity index (χ4v) is 1.39. The molecule has 1 atom stereocenters. The smallest absolute Gasteiger partial charge is 0.410 e. The Morgan fingerprint density at radius 1 is 1.00 bits per heavy atom. The van der Waals surface area contributed by atoms with Crippen LogP contribution in [0.25, 0.3) is 0 Å². The summed E-state index contributed by atoms with van der Waals surface area (Å²) in [6.45, 7) is -0.522. The second-order valence-corrected chi connectivity index (χ2v) is 4.96. The Hall–Kier alpha value is -2.32. The average molecular weight is 312 g/mol. The van der Waals surface area contributed by atoms with E-state index in [2.05, 4.69) is 0 Å². The van der Waals surface area contributed by atoms with E-state index in [1.54, 1.807) is 0 Å². The third-order valence-corrected chi connectivity index (χ3v) is 2.60. The molecule has 8 heteroatoms. The van der Waals surface area contributed by atoms with Gasteiger partial charge in [-0.15, -0.1) is 0 Å². The maximum absolute atomic E-state index is 11.6. The van der Waals surface area contributed by atoms with E-state index in [9.17, 15) is 14.7 Å². The summed E-state index contributed by atoms with van der Waals surface area (Å²) in [4.78, 5) is 25.6. The molecule has 0 fully saturated rings. The number of rotatable bonds is 4. The summed E-state index contributed by atoms with van der Waals surface area (Å²) in [6.07, 6.45) is -2.43. The highest BCUT2D eigenvalue weighted by Gasteiger charge is 2.15. The minimum atomic E-state index is -1.19. The minimum Gasteiger partial charge on any atom is -0.410 e. The van der Waals surface area contributed by atoms with Crippen LogP contribution in [0.1, 0.15) is 11.7 Å². The normalized spacial score (nSPS) is 11.5. The van der Waals surface area contributed by atoms with Crippen LogP contribution in [0.15, 0.2) is 18.2 Å². The molecule has 0 bridgehead atoms. The van der Waals surface area contributed by atoms with Crippen molar-refractivity contribution in [2.24, 2.45) is 0 Å². The van der Waals surface area contributed by atoms with E-state index in [1.807, 2.05) is 0 Å². The van der Waals surface area contributed by atoms with E-state index in [0.29, 0.717) is 0 Å². The summed E-state index contributed by atoms with van der Waals surface area (Å²) in [6, 6.07) is 4.11. The van der Waals surface area contributed by atoms with Crippen LogP contribution in [0.3, 0.4) is 0 Å². The van der Waals surface area contributed by atoms with Crippen molar-refractivity contribution in [3.63, 3.8) is 0 Å². The summed E-state index contributed by atoms with van der Waals surface area (Å²) in [7, 11) is 6.06. The first kappa shape index (κ1) is 17.7. The Labute approximate surface area is 128 Å². The first-order valence-electron chi connectivity index (χ1n) is 6.46. The van der Waals surface area contributed by atoms with Crippen LogP contribution in [0.5, 0.6) is 11.5 Å². The van der Waals surface area contributed by atoms with Crippen LogP contribution in [-0.2, 0) is 0 Å². The lowest BCUT2D eigenvalue weighted by molar-refractivity contribution is 0.0951. The summed E-state index contributed by atoms with van der Waals surface area (Å²) in [5, 5.41) is 18.7. The van der Waals surface area contributed by atoms with Crippen molar-refractivity contribution in [3.05, 3.63) is 23.8 Å². The topological polar surface area (TPSA) is 99.5 Å². The van der Waals surface area contributed by atoms with E-state index >= 15 is 0 Å². The van der Waals surface area contributed by atoms with E-state index in [0.717, 1.165) is 0 Å². The molecule has 0 spiro atoms. The third-order valence-electron chi connectivity index (χ3n) is 2.60. The number of ether oxygens (including phenoxy) is 2. The predicted octanol–water partition coefficient (Wildman–Crippen LogP) is 0.833. The lowest BCUT2D eigenvalue weighted by Gasteiger charge is -2.16. The van der Waals surface area contributed by atoms with Crippen molar-refractivity contribution in [2.75, 3.05) is 34.8 Å². The summed E-state index contributed by atoms with van der Waals surface area (Å²) in [5.41, 5.74) is 0.258. The van der Waals surface area contributed by atoms with Crippen LogP contribution in [0.2, 0.25) is 0 Å². The minimum absolute atomic E-state index is 0.0882. The molecule has 1 unspecified atom stereocenters. The van der Waals surface area contributed by atoms with Crippen LogP contribution in [0, 0.1) is 0 Å². The van der Waals surface area contributed by atoms with E-state index in [4.69, 9.17) is 14.6 Å². The van der Waals surface area contributed by atoms with Crippen LogP contribution < -0.4 is 9.47 Å². The second-order valence-electron chi connectivity index (χ2n) is 4.96. The van der Waals surface area contributed by atoms with E-state index < -0.39 is 24.9 Å². The van der Waals surface area contributed by atoms with Gasteiger partial charge in [-0.3, -0.25) is 0 Å². The molecule has 0 saturated carbocycles. The molecule has 8 nitrogen and oxygen atoms in total. The molecule has 0 aromatic heterocycles. The molecular formula is C14H20N2O6. The Balaban J connectivity index is 3.10. The monoisotopic (exact) mass is 312 g/mol. The molecule has 2 amide bonds. The first-order valence-corrected chi connectivity index (χ1v) is 6.46. The van der Waals surface area contributed by atoms with E-state index in [1.165, 1.54) is 56.2 Å². The number of carbonyl (C=O) groups is 2. The highest BCUT2D eigenvalue weighted by molar-refractivity contribution is 5.72. The number of amides is 2. The standard InChI is InChI=1S/C14H20N2O6/c1-15(2)13(19)21-10-5-9(12(18)8-17)6-11(7-10)22-14(20)16(3)4/h5-7,12,17-18H,8H2,1-4H3. The van der Waals surface area contributed by atoms with Gasteiger partial charge in [0.2, 0.25) is 0 Å². The van der Waals surface area contributed by atoms with Gasteiger partial charge in [-0.05, 0) is 17.7 Å². The Morgan fingerprint density at radius 2 is 1.41 bits per heavy atom. The first-order chi connectivity index (χ1) is 10.2. The number of hydrogen-bond donors (Lipinski definition) is 2. The summed E-state index contributed by atoms with van der Waals surface area (Å²) >= 11 is 0. The van der Waals surface area contributed by atoms with Crippen molar-refractivity contribution < 1.29 is 29.3 Å². The van der Waals surface area contributed by atoms with Crippen molar-refractivity contribution in [1.82, 2.24) is 9.80 Å². The molecule has 1 aromatic rings. The number of nitrogens with zero attached hydrogens (tertiary/aromatic N) is 2.